The monoisotopic (exact) mass is 955 g/mol. The molecule has 1 heterocycles. The van der Waals surface area contributed by atoms with Gasteiger partial charge in [0.1, 0.15) is 31.0 Å². The van der Waals surface area contributed by atoms with Crippen molar-refractivity contribution in [1.82, 2.24) is 0 Å². The van der Waals surface area contributed by atoms with Crippen molar-refractivity contribution in [2.24, 2.45) is 0 Å². The molecule has 0 bridgehead atoms. The summed E-state index contributed by atoms with van der Waals surface area (Å²) in [5, 5.41) is 40.3. The second kappa shape index (κ2) is 48.3. The molecular weight excluding hydrogens is 845 g/mol. The molecule has 0 spiro atoms. The van der Waals surface area contributed by atoms with Gasteiger partial charge in [0.25, 0.3) is 0 Å². The molecular formula is C57H110O10. The lowest BCUT2D eigenvalue weighted by atomic mass is 9.99. The fraction of sp³-hybridized carbons (Fsp3) is 0.965. The van der Waals surface area contributed by atoms with Crippen molar-refractivity contribution in [2.45, 2.75) is 333 Å². The van der Waals surface area contributed by atoms with Gasteiger partial charge >= 0.3 is 11.9 Å². The molecule has 0 saturated carbocycles. The Hall–Kier alpha value is -1.30. The summed E-state index contributed by atoms with van der Waals surface area (Å²) < 4.78 is 22.3. The lowest BCUT2D eigenvalue weighted by Gasteiger charge is -2.39. The zero-order valence-corrected chi connectivity index (χ0v) is 43.9. The summed E-state index contributed by atoms with van der Waals surface area (Å²) >= 11 is 0. The predicted octanol–water partition coefficient (Wildman–Crippen LogP) is 14.5. The summed E-state index contributed by atoms with van der Waals surface area (Å²) in [6.07, 6.45) is 46.9. The van der Waals surface area contributed by atoms with Gasteiger partial charge in [-0.15, -0.1) is 0 Å². The van der Waals surface area contributed by atoms with Crippen LogP contribution in [0.1, 0.15) is 296 Å². The van der Waals surface area contributed by atoms with Crippen LogP contribution in [-0.4, -0.2) is 89.0 Å². The van der Waals surface area contributed by atoms with Crippen molar-refractivity contribution in [2.75, 3.05) is 19.8 Å². The predicted molar refractivity (Wildman–Crippen MR) is 275 cm³/mol. The second-order valence-electron chi connectivity index (χ2n) is 20.5. The van der Waals surface area contributed by atoms with E-state index in [9.17, 15) is 30.0 Å². The second-order valence-corrected chi connectivity index (χ2v) is 20.5. The van der Waals surface area contributed by atoms with Crippen molar-refractivity contribution in [3.8, 4) is 0 Å². The fourth-order valence-electron chi connectivity index (χ4n) is 9.43. The van der Waals surface area contributed by atoms with Gasteiger partial charge in [-0.05, 0) is 12.8 Å². The zero-order chi connectivity index (χ0) is 48.7. The average molecular weight is 955 g/mol. The van der Waals surface area contributed by atoms with Gasteiger partial charge in [0.2, 0.25) is 0 Å². The Morgan fingerprint density at radius 2 is 0.701 bits per heavy atom. The molecule has 1 saturated heterocycles. The van der Waals surface area contributed by atoms with E-state index in [1.807, 2.05) is 0 Å². The minimum atomic E-state index is -1.59. The van der Waals surface area contributed by atoms with Crippen molar-refractivity contribution in [3.05, 3.63) is 0 Å². The zero-order valence-electron chi connectivity index (χ0n) is 43.9. The van der Waals surface area contributed by atoms with E-state index in [2.05, 4.69) is 13.8 Å². The van der Waals surface area contributed by atoms with Gasteiger partial charge in [-0.1, -0.05) is 271 Å². The lowest BCUT2D eigenvalue weighted by molar-refractivity contribution is -0.305. The van der Waals surface area contributed by atoms with E-state index in [1.54, 1.807) is 0 Å². The quantitative estimate of drug-likeness (QED) is 0.0342. The van der Waals surface area contributed by atoms with Crippen LogP contribution in [0.5, 0.6) is 0 Å². The first-order valence-corrected chi connectivity index (χ1v) is 29.1. The molecule has 0 aromatic carbocycles. The molecule has 1 aliphatic heterocycles. The maximum atomic E-state index is 12.9. The van der Waals surface area contributed by atoms with Gasteiger partial charge in [0.15, 0.2) is 12.4 Å². The molecule has 0 amide bonds. The van der Waals surface area contributed by atoms with Crippen LogP contribution in [-0.2, 0) is 28.5 Å². The normalized spacial score (nSPS) is 18.9. The number of ether oxygens (including phenoxy) is 4. The topological polar surface area (TPSA) is 152 Å². The van der Waals surface area contributed by atoms with Crippen LogP contribution in [0.15, 0.2) is 0 Å². The number of carbonyl (C=O) groups is 2. The number of esters is 2. The molecule has 398 valence electrons. The summed E-state index contributed by atoms with van der Waals surface area (Å²) in [4.78, 5) is 25.5. The Bertz CT molecular complexity index is 1060. The van der Waals surface area contributed by atoms with Gasteiger partial charge in [-0.25, -0.2) is 0 Å². The van der Waals surface area contributed by atoms with Gasteiger partial charge in [0.05, 0.1) is 13.2 Å². The molecule has 0 aromatic rings. The number of hydrogen-bond acceptors (Lipinski definition) is 10. The number of rotatable bonds is 51. The van der Waals surface area contributed by atoms with Crippen LogP contribution in [0.3, 0.4) is 0 Å². The standard InChI is InChI=1S/C57H110O10/c1-3-5-7-9-11-13-15-17-19-21-23-25-26-28-30-32-34-36-38-40-42-44-46-53(60)66-50(49-65-57-56(63)55(62)54(61)51(47-58)67-57)48-64-52(59)45-43-41-39-37-35-33-31-29-27-24-22-20-18-16-14-12-10-8-6-4-2/h50-51,54-58,61-63H,3-49H2,1-2H3/t50-,51-,54+,55?,56?,57-/m1/s1. The number of unbranched alkanes of at least 4 members (excludes halogenated alkanes) is 40. The summed E-state index contributed by atoms with van der Waals surface area (Å²) in [6, 6.07) is 0. The molecule has 10 heteroatoms. The van der Waals surface area contributed by atoms with E-state index in [1.165, 1.54) is 231 Å². The maximum Gasteiger partial charge on any atom is 0.306 e. The van der Waals surface area contributed by atoms with Crippen LogP contribution < -0.4 is 0 Å². The number of aliphatic hydroxyl groups is 4. The summed E-state index contributed by atoms with van der Waals surface area (Å²) in [5.41, 5.74) is 0. The Morgan fingerprint density at radius 1 is 0.403 bits per heavy atom. The molecule has 0 aliphatic carbocycles. The Morgan fingerprint density at radius 3 is 1.01 bits per heavy atom. The highest BCUT2D eigenvalue weighted by molar-refractivity contribution is 5.70. The molecule has 6 atom stereocenters. The molecule has 1 rings (SSSR count). The first-order valence-electron chi connectivity index (χ1n) is 29.1. The smallest absolute Gasteiger partial charge is 0.306 e. The van der Waals surface area contributed by atoms with Gasteiger partial charge in [-0.3, -0.25) is 9.59 Å². The third-order valence-electron chi connectivity index (χ3n) is 14.0. The van der Waals surface area contributed by atoms with Crippen molar-refractivity contribution in [1.29, 1.82) is 0 Å². The van der Waals surface area contributed by atoms with Crippen LogP contribution in [0, 0.1) is 0 Å². The third kappa shape index (κ3) is 39.1. The number of aliphatic hydroxyl groups excluding tert-OH is 4. The molecule has 10 nitrogen and oxygen atoms in total. The van der Waals surface area contributed by atoms with Crippen LogP contribution >= 0.6 is 0 Å². The Labute approximate surface area is 412 Å². The molecule has 67 heavy (non-hydrogen) atoms. The summed E-state index contributed by atoms with van der Waals surface area (Å²) in [6.45, 7) is 3.50. The Kier molecular flexibility index (Phi) is 46.0. The third-order valence-corrected chi connectivity index (χ3v) is 14.0. The molecule has 0 radical (unpaired) electrons. The van der Waals surface area contributed by atoms with E-state index in [0.29, 0.717) is 6.42 Å². The minimum absolute atomic E-state index is 0.208. The molecule has 4 N–H and O–H groups in total. The van der Waals surface area contributed by atoms with Gasteiger partial charge in [-0.2, -0.15) is 0 Å². The number of hydrogen-bond donors (Lipinski definition) is 4. The van der Waals surface area contributed by atoms with E-state index in [0.717, 1.165) is 32.1 Å². The van der Waals surface area contributed by atoms with Crippen molar-refractivity contribution in [3.63, 3.8) is 0 Å². The first-order chi connectivity index (χ1) is 32.8. The van der Waals surface area contributed by atoms with Crippen molar-refractivity contribution >= 4 is 11.9 Å². The maximum absolute atomic E-state index is 12.9. The molecule has 1 fully saturated rings. The van der Waals surface area contributed by atoms with E-state index >= 15 is 0 Å². The van der Waals surface area contributed by atoms with Crippen molar-refractivity contribution < 1.29 is 49.0 Å². The van der Waals surface area contributed by atoms with Gasteiger partial charge in [0, 0.05) is 12.8 Å². The summed E-state index contributed by atoms with van der Waals surface area (Å²) in [5.74, 6) is -0.781. The first kappa shape index (κ1) is 63.7. The Balaban J connectivity index is 2.18. The highest BCUT2D eigenvalue weighted by Crippen LogP contribution is 2.23. The van der Waals surface area contributed by atoms with E-state index in [-0.39, 0.29) is 32.0 Å². The average Bonchev–Trinajstić information content (AvgIpc) is 3.33. The largest absolute Gasteiger partial charge is 0.462 e. The SMILES string of the molecule is CCCCCCCCCCCCCCCCCCCCCCCCC(=O)O[C@H](COC(=O)CCCCCCCCCCCCCCCCCCCCCC)CO[C@@H]1O[C@H](CO)[C@H](O)C(O)C1O. The molecule has 1 aliphatic rings. The van der Waals surface area contributed by atoms with E-state index < -0.39 is 49.4 Å². The lowest BCUT2D eigenvalue weighted by Crippen LogP contribution is -2.59. The van der Waals surface area contributed by atoms with E-state index in [4.69, 9.17) is 18.9 Å². The van der Waals surface area contributed by atoms with Crippen LogP contribution in [0.2, 0.25) is 0 Å². The highest BCUT2D eigenvalue weighted by atomic mass is 16.7. The fourth-order valence-corrected chi connectivity index (χ4v) is 9.43. The van der Waals surface area contributed by atoms with Crippen LogP contribution in [0.4, 0.5) is 0 Å². The minimum Gasteiger partial charge on any atom is -0.462 e. The van der Waals surface area contributed by atoms with Crippen LogP contribution in [0.25, 0.3) is 0 Å². The highest BCUT2D eigenvalue weighted by Gasteiger charge is 2.44. The molecule has 2 unspecified atom stereocenters. The number of carbonyl (C=O) groups excluding carboxylic acids is 2. The summed E-state index contributed by atoms with van der Waals surface area (Å²) in [7, 11) is 0. The molecule has 0 aromatic heterocycles. The van der Waals surface area contributed by atoms with Gasteiger partial charge < -0.3 is 39.4 Å².